The van der Waals surface area contributed by atoms with Crippen LogP contribution < -0.4 is 10.6 Å². The summed E-state index contributed by atoms with van der Waals surface area (Å²) in [6.07, 6.45) is 5.35. The number of hydrogen-bond donors (Lipinski definition) is 2. The molecule has 28 heavy (non-hydrogen) atoms. The largest absolute Gasteiger partial charge is 0.348 e. The Labute approximate surface area is 168 Å². The van der Waals surface area contributed by atoms with Gasteiger partial charge in [-0.05, 0) is 42.0 Å². The summed E-state index contributed by atoms with van der Waals surface area (Å²) in [6.45, 7) is 5.77. The minimum absolute atomic E-state index is 0.0280. The molecule has 2 N–H and O–H groups in total. The summed E-state index contributed by atoms with van der Waals surface area (Å²) in [6, 6.07) is 10.7. The molecule has 1 aromatic carbocycles. The Balaban J connectivity index is 1.64. The second kappa shape index (κ2) is 8.84. The molecule has 2 aromatic heterocycles. The van der Waals surface area contributed by atoms with Crippen molar-refractivity contribution in [2.75, 3.05) is 0 Å². The molecule has 0 saturated carbocycles. The highest BCUT2D eigenvalue weighted by atomic mass is 32.1. The topological polar surface area (TPSA) is 76.0 Å². The third kappa shape index (κ3) is 4.67. The van der Waals surface area contributed by atoms with Crippen molar-refractivity contribution >= 4 is 23.2 Å². The molecule has 2 amide bonds. The minimum Gasteiger partial charge on any atom is -0.348 e. The SMILES string of the molecule is CC(C)[C@@H](NC(=O)c1cccs1)C(=O)N[C@H](C)c1ccc(-n2ccnc2)cc1. The third-order valence-corrected chi connectivity index (χ3v) is 5.40. The summed E-state index contributed by atoms with van der Waals surface area (Å²) in [5.74, 6) is -0.438. The first-order valence-corrected chi connectivity index (χ1v) is 10.1. The Bertz CT molecular complexity index is 903. The van der Waals surface area contributed by atoms with Gasteiger partial charge in [0.05, 0.1) is 17.2 Å². The summed E-state index contributed by atoms with van der Waals surface area (Å²) >= 11 is 1.36. The van der Waals surface area contributed by atoms with Crippen molar-refractivity contribution in [2.24, 2.45) is 5.92 Å². The Morgan fingerprint density at radius 2 is 1.82 bits per heavy atom. The van der Waals surface area contributed by atoms with E-state index in [0.717, 1.165) is 11.3 Å². The first-order valence-electron chi connectivity index (χ1n) is 9.18. The molecule has 0 fully saturated rings. The Hall–Kier alpha value is -2.93. The maximum atomic E-state index is 12.8. The van der Waals surface area contributed by atoms with E-state index in [9.17, 15) is 9.59 Å². The van der Waals surface area contributed by atoms with Crippen LogP contribution >= 0.6 is 11.3 Å². The number of thiophene rings is 1. The highest BCUT2D eigenvalue weighted by Crippen LogP contribution is 2.17. The van der Waals surface area contributed by atoms with Crippen molar-refractivity contribution in [3.8, 4) is 5.69 Å². The van der Waals surface area contributed by atoms with Crippen molar-refractivity contribution in [3.05, 3.63) is 70.9 Å². The van der Waals surface area contributed by atoms with E-state index in [0.29, 0.717) is 4.88 Å². The Morgan fingerprint density at radius 3 is 2.39 bits per heavy atom. The fourth-order valence-corrected chi connectivity index (χ4v) is 3.52. The summed E-state index contributed by atoms with van der Waals surface area (Å²) in [5.41, 5.74) is 1.99. The van der Waals surface area contributed by atoms with Crippen molar-refractivity contribution < 1.29 is 9.59 Å². The lowest BCUT2D eigenvalue weighted by molar-refractivity contribution is -0.124. The highest BCUT2D eigenvalue weighted by molar-refractivity contribution is 7.12. The van der Waals surface area contributed by atoms with Crippen LogP contribution in [0.25, 0.3) is 5.69 Å². The van der Waals surface area contributed by atoms with E-state index in [1.54, 1.807) is 18.6 Å². The zero-order valence-electron chi connectivity index (χ0n) is 16.1. The molecule has 0 unspecified atom stereocenters. The average molecular weight is 397 g/mol. The van der Waals surface area contributed by atoms with Crippen LogP contribution in [0.15, 0.2) is 60.5 Å². The quantitative estimate of drug-likeness (QED) is 0.641. The fraction of sp³-hybridized carbons (Fsp3) is 0.286. The van der Waals surface area contributed by atoms with E-state index in [2.05, 4.69) is 15.6 Å². The van der Waals surface area contributed by atoms with Crippen molar-refractivity contribution in [1.82, 2.24) is 20.2 Å². The van der Waals surface area contributed by atoms with Crippen molar-refractivity contribution in [2.45, 2.75) is 32.9 Å². The number of nitrogens with one attached hydrogen (secondary N) is 2. The average Bonchev–Trinajstić information content (AvgIpc) is 3.39. The normalized spacial score (nSPS) is 13.1. The molecule has 7 heteroatoms. The van der Waals surface area contributed by atoms with E-state index in [4.69, 9.17) is 0 Å². The minimum atomic E-state index is -0.595. The van der Waals surface area contributed by atoms with Gasteiger partial charge in [-0.3, -0.25) is 9.59 Å². The molecule has 0 bridgehead atoms. The number of rotatable bonds is 7. The standard InChI is InChI=1S/C21H24N4O2S/c1-14(2)19(24-20(26)18-5-4-12-28-18)21(27)23-15(3)16-6-8-17(9-7-16)25-11-10-22-13-25/h4-15,19H,1-3H3,(H,23,27)(H,24,26)/t15-,19-/m1/s1. The highest BCUT2D eigenvalue weighted by Gasteiger charge is 2.26. The van der Waals surface area contributed by atoms with Gasteiger partial charge < -0.3 is 15.2 Å². The van der Waals surface area contributed by atoms with Gasteiger partial charge in [0.15, 0.2) is 0 Å². The monoisotopic (exact) mass is 396 g/mol. The maximum absolute atomic E-state index is 12.8. The van der Waals surface area contributed by atoms with Crippen LogP contribution in [0.3, 0.4) is 0 Å². The van der Waals surface area contributed by atoms with Gasteiger partial charge >= 0.3 is 0 Å². The second-order valence-corrected chi connectivity index (χ2v) is 7.91. The van der Waals surface area contributed by atoms with E-state index in [1.165, 1.54) is 11.3 Å². The number of carbonyl (C=O) groups is 2. The number of carbonyl (C=O) groups excluding carboxylic acids is 2. The number of aromatic nitrogens is 2. The van der Waals surface area contributed by atoms with E-state index < -0.39 is 6.04 Å². The van der Waals surface area contributed by atoms with Crippen molar-refractivity contribution in [1.29, 1.82) is 0 Å². The first kappa shape index (κ1) is 19.8. The molecular weight excluding hydrogens is 372 g/mol. The van der Waals surface area contributed by atoms with Gasteiger partial charge in [0.1, 0.15) is 6.04 Å². The molecule has 2 heterocycles. The van der Waals surface area contributed by atoms with E-state index in [1.807, 2.05) is 67.2 Å². The van der Waals surface area contributed by atoms with E-state index in [-0.39, 0.29) is 23.8 Å². The van der Waals surface area contributed by atoms with Gasteiger partial charge in [-0.1, -0.05) is 32.0 Å². The van der Waals surface area contributed by atoms with Crippen LogP contribution in [0.4, 0.5) is 0 Å². The zero-order chi connectivity index (χ0) is 20.1. The van der Waals surface area contributed by atoms with Crippen LogP contribution in [0, 0.1) is 5.92 Å². The fourth-order valence-electron chi connectivity index (χ4n) is 2.89. The molecule has 0 saturated heterocycles. The second-order valence-electron chi connectivity index (χ2n) is 6.96. The summed E-state index contributed by atoms with van der Waals surface area (Å²) in [5, 5.41) is 7.71. The predicted octanol–water partition coefficient (Wildman–Crippen LogP) is 3.57. The molecule has 0 aliphatic rings. The van der Waals surface area contributed by atoms with E-state index >= 15 is 0 Å². The number of imidazole rings is 1. The van der Waals surface area contributed by atoms with Gasteiger partial charge in [-0.2, -0.15) is 0 Å². The first-order chi connectivity index (χ1) is 13.5. The molecule has 0 aliphatic carbocycles. The predicted molar refractivity (Wildman–Crippen MR) is 111 cm³/mol. The molecule has 0 spiro atoms. The van der Waals surface area contributed by atoms with Crippen molar-refractivity contribution in [3.63, 3.8) is 0 Å². The smallest absolute Gasteiger partial charge is 0.262 e. The number of nitrogens with zero attached hydrogens (tertiary/aromatic N) is 2. The summed E-state index contributed by atoms with van der Waals surface area (Å²) in [4.78, 5) is 29.8. The number of amides is 2. The Kier molecular flexibility index (Phi) is 6.26. The lowest BCUT2D eigenvalue weighted by Gasteiger charge is -2.24. The van der Waals surface area contributed by atoms with Gasteiger partial charge in [-0.15, -0.1) is 11.3 Å². The lowest BCUT2D eigenvalue weighted by atomic mass is 10.0. The molecule has 6 nitrogen and oxygen atoms in total. The van der Waals surface area contributed by atoms with Crippen LogP contribution in [0.1, 0.15) is 42.0 Å². The summed E-state index contributed by atoms with van der Waals surface area (Å²) < 4.78 is 1.92. The Morgan fingerprint density at radius 1 is 1.07 bits per heavy atom. The van der Waals surface area contributed by atoms with Crippen LogP contribution in [-0.4, -0.2) is 27.4 Å². The zero-order valence-corrected chi connectivity index (χ0v) is 16.9. The van der Waals surface area contributed by atoms with Crippen LogP contribution in [0.5, 0.6) is 0 Å². The maximum Gasteiger partial charge on any atom is 0.262 e. The third-order valence-electron chi connectivity index (χ3n) is 4.54. The molecule has 2 atom stereocenters. The molecule has 146 valence electrons. The van der Waals surface area contributed by atoms with Gasteiger partial charge in [0.25, 0.3) is 5.91 Å². The lowest BCUT2D eigenvalue weighted by Crippen LogP contribution is -2.50. The molecular formula is C21H24N4O2S. The van der Waals surface area contributed by atoms with Gasteiger partial charge in [-0.25, -0.2) is 4.98 Å². The van der Waals surface area contributed by atoms with Gasteiger partial charge in [0.2, 0.25) is 5.91 Å². The molecule has 3 rings (SSSR count). The van der Waals surface area contributed by atoms with Gasteiger partial charge in [0, 0.05) is 18.1 Å². The molecule has 0 radical (unpaired) electrons. The van der Waals surface area contributed by atoms with Crippen LogP contribution in [-0.2, 0) is 4.79 Å². The molecule has 3 aromatic rings. The number of hydrogen-bond acceptors (Lipinski definition) is 4. The molecule has 0 aliphatic heterocycles. The summed E-state index contributed by atoms with van der Waals surface area (Å²) in [7, 11) is 0. The van der Waals surface area contributed by atoms with Crippen LogP contribution in [0.2, 0.25) is 0 Å². The number of benzene rings is 1.